The first kappa shape index (κ1) is 19.9. The summed E-state index contributed by atoms with van der Waals surface area (Å²) in [5.41, 5.74) is 2.26. The van der Waals surface area contributed by atoms with Gasteiger partial charge in [-0.15, -0.1) is 0 Å². The lowest BCUT2D eigenvalue weighted by Gasteiger charge is -2.36. The Hall–Kier alpha value is -2.38. The highest BCUT2D eigenvalue weighted by atomic mass is 19.4. The third kappa shape index (κ3) is 4.62. The van der Waals surface area contributed by atoms with Gasteiger partial charge in [-0.25, -0.2) is 4.98 Å². The van der Waals surface area contributed by atoms with Gasteiger partial charge in [0.25, 0.3) is 0 Å². The van der Waals surface area contributed by atoms with Crippen LogP contribution in [0.2, 0.25) is 0 Å². The van der Waals surface area contributed by atoms with Gasteiger partial charge >= 0.3 is 6.18 Å². The number of hydrogen-bond acceptors (Lipinski definition) is 3. The van der Waals surface area contributed by atoms with Gasteiger partial charge in [-0.1, -0.05) is 24.3 Å². The lowest BCUT2D eigenvalue weighted by atomic mass is 10.0. The SMILES string of the molecule is CN(Cc1cccc(C(F)(F)F)c1)C1CCN(Cc2cnc3ccccn23)CC1. The number of halogens is 3. The van der Waals surface area contributed by atoms with Crippen molar-refractivity contribution < 1.29 is 13.2 Å². The molecule has 3 heterocycles. The zero-order valence-corrected chi connectivity index (χ0v) is 16.4. The van der Waals surface area contributed by atoms with E-state index in [1.165, 1.54) is 17.8 Å². The predicted octanol–water partition coefficient (Wildman–Crippen LogP) is 4.45. The average molecular weight is 402 g/mol. The molecule has 154 valence electrons. The van der Waals surface area contributed by atoms with Crippen molar-refractivity contribution >= 4 is 5.65 Å². The summed E-state index contributed by atoms with van der Waals surface area (Å²) < 4.78 is 40.9. The topological polar surface area (TPSA) is 23.8 Å². The van der Waals surface area contributed by atoms with Crippen LogP contribution in [-0.4, -0.2) is 45.4 Å². The summed E-state index contributed by atoms with van der Waals surface area (Å²) in [7, 11) is 2.01. The van der Waals surface area contributed by atoms with E-state index in [-0.39, 0.29) is 0 Å². The van der Waals surface area contributed by atoms with Gasteiger partial charge in [0.15, 0.2) is 0 Å². The third-order valence-electron chi connectivity index (χ3n) is 5.75. The fourth-order valence-electron chi connectivity index (χ4n) is 4.11. The van der Waals surface area contributed by atoms with Crippen molar-refractivity contribution in [1.29, 1.82) is 0 Å². The summed E-state index contributed by atoms with van der Waals surface area (Å²) >= 11 is 0. The Bertz CT molecular complexity index is 958. The summed E-state index contributed by atoms with van der Waals surface area (Å²) in [6.45, 7) is 3.33. The molecule has 1 aromatic carbocycles. The molecule has 0 bridgehead atoms. The zero-order valence-electron chi connectivity index (χ0n) is 16.4. The Morgan fingerprint density at radius 2 is 1.90 bits per heavy atom. The zero-order chi connectivity index (χ0) is 20.4. The lowest BCUT2D eigenvalue weighted by molar-refractivity contribution is -0.137. The molecule has 29 heavy (non-hydrogen) atoms. The largest absolute Gasteiger partial charge is 0.416 e. The number of fused-ring (bicyclic) bond motifs is 1. The monoisotopic (exact) mass is 402 g/mol. The standard InChI is InChI=1S/C22H25F3N4/c1-27(15-17-5-4-6-18(13-17)22(23,24)25)19-8-11-28(12-9-19)16-20-14-26-21-7-2-3-10-29(20)21/h2-7,10,13-14,19H,8-9,11-12,15-16H2,1H3. The van der Waals surface area contributed by atoms with Gasteiger partial charge in [-0.3, -0.25) is 9.80 Å². The van der Waals surface area contributed by atoms with Gasteiger partial charge in [0, 0.05) is 38.4 Å². The van der Waals surface area contributed by atoms with Crippen molar-refractivity contribution in [2.45, 2.75) is 38.1 Å². The fourth-order valence-corrected chi connectivity index (χ4v) is 4.11. The smallest absolute Gasteiger partial charge is 0.303 e. The molecule has 7 heteroatoms. The molecule has 0 unspecified atom stereocenters. The second kappa shape index (κ2) is 8.16. The van der Waals surface area contributed by atoms with Gasteiger partial charge in [-0.2, -0.15) is 13.2 Å². The normalized spacial score (nSPS) is 16.7. The molecule has 1 aliphatic rings. The number of hydrogen-bond donors (Lipinski definition) is 0. The van der Waals surface area contributed by atoms with E-state index in [9.17, 15) is 13.2 Å². The second-order valence-electron chi connectivity index (χ2n) is 7.80. The molecule has 0 aliphatic carbocycles. The van der Waals surface area contributed by atoms with E-state index in [0.717, 1.165) is 44.2 Å². The molecular weight excluding hydrogens is 377 g/mol. The minimum atomic E-state index is -4.29. The first-order valence-corrected chi connectivity index (χ1v) is 9.90. The number of nitrogens with zero attached hydrogens (tertiary/aromatic N) is 4. The summed E-state index contributed by atoms with van der Waals surface area (Å²) in [4.78, 5) is 9.05. The van der Waals surface area contributed by atoms with E-state index in [1.807, 2.05) is 37.6 Å². The molecular formula is C22H25F3N4. The van der Waals surface area contributed by atoms with Gasteiger partial charge < -0.3 is 4.40 Å². The maximum Gasteiger partial charge on any atom is 0.416 e. The average Bonchev–Trinajstić information content (AvgIpc) is 3.11. The molecule has 0 atom stereocenters. The summed E-state index contributed by atoms with van der Waals surface area (Å²) in [6.07, 6.45) is 1.69. The molecule has 0 spiro atoms. The van der Waals surface area contributed by atoms with Crippen molar-refractivity contribution in [2.75, 3.05) is 20.1 Å². The molecule has 1 fully saturated rings. The molecule has 2 aromatic heterocycles. The van der Waals surface area contributed by atoms with Crippen molar-refractivity contribution in [3.8, 4) is 0 Å². The van der Waals surface area contributed by atoms with Crippen LogP contribution in [0.15, 0.2) is 54.9 Å². The molecule has 0 N–H and O–H groups in total. The maximum absolute atomic E-state index is 12.9. The minimum Gasteiger partial charge on any atom is -0.303 e. The van der Waals surface area contributed by atoms with E-state index in [2.05, 4.69) is 19.2 Å². The van der Waals surface area contributed by atoms with Crippen molar-refractivity contribution in [1.82, 2.24) is 19.2 Å². The summed E-state index contributed by atoms with van der Waals surface area (Å²) in [5, 5.41) is 0. The molecule has 4 rings (SSSR count). The fraction of sp³-hybridized carbons (Fsp3) is 0.409. The van der Waals surface area contributed by atoms with Gasteiger partial charge in [-0.05, 0) is 43.7 Å². The highest BCUT2D eigenvalue weighted by molar-refractivity contribution is 5.39. The van der Waals surface area contributed by atoms with Crippen LogP contribution in [-0.2, 0) is 19.3 Å². The van der Waals surface area contributed by atoms with Crippen LogP contribution in [0.1, 0.15) is 29.7 Å². The van der Waals surface area contributed by atoms with Crippen LogP contribution in [0.4, 0.5) is 13.2 Å². The summed E-state index contributed by atoms with van der Waals surface area (Å²) in [6, 6.07) is 12.0. The highest BCUT2D eigenvalue weighted by Crippen LogP contribution is 2.30. The molecule has 3 aromatic rings. The Morgan fingerprint density at radius 1 is 1.10 bits per heavy atom. The quantitative estimate of drug-likeness (QED) is 0.630. The molecule has 0 saturated carbocycles. The molecule has 1 saturated heterocycles. The van der Waals surface area contributed by atoms with Gasteiger partial charge in [0.2, 0.25) is 0 Å². The van der Waals surface area contributed by atoms with E-state index in [0.29, 0.717) is 18.2 Å². The van der Waals surface area contributed by atoms with E-state index in [1.54, 1.807) is 6.07 Å². The van der Waals surface area contributed by atoms with Gasteiger partial charge in [0.05, 0.1) is 17.5 Å². The minimum absolute atomic E-state index is 0.378. The van der Waals surface area contributed by atoms with Crippen LogP contribution < -0.4 is 0 Å². The van der Waals surface area contributed by atoms with Crippen LogP contribution in [0.3, 0.4) is 0 Å². The Labute approximate surface area is 168 Å². The van der Waals surface area contributed by atoms with Crippen molar-refractivity contribution in [3.63, 3.8) is 0 Å². The van der Waals surface area contributed by atoms with E-state index >= 15 is 0 Å². The molecule has 0 amide bonds. The van der Waals surface area contributed by atoms with E-state index < -0.39 is 11.7 Å². The number of imidazole rings is 1. The van der Waals surface area contributed by atoms with Crippen LogP contribution in [0.25, 0.3) is 5.65 Å². The van der Waals surface area contributed by atoms with Crippen LogP contribution in [0.5, 0.6) is 0 Å². The highest BCUT2D eigenvalue weighted by Gasteiger charge is 2.30. The number of rotatable bonds is 5. The predicted molar refractivity (Wildman–Crippen MR) is 106 cm³/mol. The number of pyridine rings is 1. The maximum atomic E-state index is 12.9. The first-order valence-electron chi connectivity index (χ1n) is 9.90. The van der Waals surface area contributed by atoms with E-state index in [4.69, 9.17) is 0 Å². The number of piperidine rings is 1. The molecule has 1 aliphatic heterocycles. The Balaban J connectivity index is 1.32. The number of likely N-dealkylation sites (tertiary alicyclic amines) is 1. The van der Waals surface area contributed by atoms with Crippen molar-refractivity contribution in [2.24, 2.45) is 0 Å². The number of aromatic nitrogens is 2. The lowest BCUT2D eigenvalue weighted by Crippen LogP contribution is -2.42. The molecule has 4 nitrogen and oxygen atoms in total. The number of benzene rings is 1. The van der Waals surface area contributed by atoms with Crippen LogP contribution in [0, 0.1) is 0 Å². The first-order chi connectivity index (χ1) is 13.9. The Kier molecular flexibility index (Phi) is 5.61. The van der Waals surface area contributed by atoms with Crippen LogP contribution >= 0.6 is 0 Å². The molecule has 0 radical (unpaired) electrons. The third-order valence-corrected chi connectivity index (χ3v) is 5.75. The number of alkyl halides is 3. The van der Waals surface area contributed by atoms with Gasteiger partial charge in [0.1, 0.15) is 5.65 Å². The van der Waals surface area contributed by atoms with Crippen molar-refractivity contribution in [3.05, 3.63) is 71.7 Å². The second-order valence-corrected chi connectivity index (χ2v) is 7.80. The summed E-state index contributed by atoms with van der Waals surface area (Å²) in [5.74, 6) is 0. The Morgan fingerprint density at radius 3 is 2.66 bits per heavy atom.